The fourth-order valence-corrected chi connectivity index (χ4v) is 1.65. The number of aliphatic hydroxyl groups excluding tert-OH is 1. The molecule has 0 aromatic heterocycles. The zero-order valence-electron chi connectivity index (χ0n) is 10.9. The molecular formula is C13H24O4. The first-order valence-electron chi connectivity index (χ1n) is 6.25. The van der Waals surface area contributed by atoms with Crippen LogP contribution in [-0.4, -0.2) is 37.5 Å². The predicted octanol–water partition coefficient (Wildman–Crippen LogP) is 2.08. The molecule has 0 bridgehead atoms. The summed E-state index contributed by atoms with van der Waals surface area (Å²) in [5.41, 5.74) is -0.188. The molecule has 0 saturated carbocycles. The van der Waals surface area contributed by atoms with Crippen molar-refractivity contribution in [2.24, 2.45) is 5.41 Å². The van der Waals surface area contributed by atoms with Crippen molar-refractivity contribution in [1.29, 1.82) is 0 Å². The lowest BCUT2D eigenvalue weighted by molar-refractivity contribution is -0.244. The topological polar surface area (TPSA) is 47.9 Å². The van der Waals surface area contributed by atoms with Crippen LogP contribution in [0.25, 0.3) is 0 Å². The van der Waals surface area contributed by atoms with Crippen molar-refractivity contribution in [3.63, 3.8) is 0 Å². The van der Waals surface area contributed by atoms with E-state index in [0.29, 0.717) is 19.8 Å². The van der Waals surface area contributed by atoms with Crippen LogP contribution in [0.4, 0.5) is 0 Å². The number of hydrogen-bond acceptors (Lipinski definition) is 4. The van der Waals surface area contributed by atoms with E-state index in [-0.39, 0.29) is 11.7 Å². The molecule has 0 aliphatic carbocycles. The van der Waals surface area contributed by atoms with Crippen molar-refractivity contribution in [3.05, 3.63) is 12.7 Å². The van der Waals surface area contributed by atoms with E-state index in [9.17, 15) is 5.11 Å². The first-order valence-corrected chi connectivity index (χ1v) is 6.25. The highest BCUT2D eigenvalue weighted by Crippen LogP contribution is 2.26. The fraction of sp³-hybridized carbons (Fsp3) is 0.846. The third-order valence-electron chi connectivity index (χ3n) is 2.83. The zero-order valence-corrected chi connectivity index (χ0v) is 10.9. The third-order valence-corrected chi connectivity index (χ3v) is 2.83. The molecule has 1 atom stereocenters. The number of hydrogen-bond donors (Lipinski definition) is 1. The molecule has 1 aliphatic heterocycles. The van der Waals surface area contributed by atoms with Crippen molar-refractivity contribution in [1.82, 2.24) is 0 Å². The van der Waals surface area contributed by atoms with Crippen LogP contribution in [-0.2, 0) is 14.2 Å². The second-order valence-corrected chi connectivity index (χ2v) is 4.94. The maximum Gasteiger partial charge on any atom is 0.173 e. The van der Waals surface area contributed by atoms with Gasteiger partial charge in [0.05, 0.1) is 19.8 Å². The van der Waals surface area contributed by atoms with Crippen LogP contribution in [0.5, 0.6) is 0 Å². The summed E-state index contributed by atoms with van der Waals surface area (Å²) >= 11 is 0. The molecule has 1 aliphatic rings. The van der Waals surface area contributed by atoms with Crippen molar-refractivity contribution < 1.29 is 19.3 Å². The highest BCUT2D eigenvalue weighted by Gasteiger charge is 2.33. The van der Waals surface area contributed by atoms with Gasteiger partial charge in [0, 0.05) is 5.41 Å². The van der Waals surface area contributed by atoms with Gasteiger partial charge < -0.3 is 19.3 Å². The smallest absolute Gasteiger partial charge is 0.173 e. The van der Waals surface area contributed by atoms with Crippen LogP contribution < -0.4 is 0 Å². The number of rotatable bonds is 7. The summed E-state index contributed by atoms with van der Waals surface area (Å²) in [5, 5.41) is 9.25. The van der Waals surface area contributed by atoms with Gasteiger partial charge in [-0.15, -0.1) is 0 Å². The molecule has 1 unspecified atom stereocenters. The van der Waals surface area contributed by atoms with E-state index in [4.69, 9.17) is 14.2 Å². The Bertz CT molecular complexity index is 221. The van der Waals surface area contributed by atoms with Gasteiger partial charge in [-0.2, -0.15) is 0 Å². The Balaban J connectivity index is 2.26. The minimum atomic E-state index is -0.912. The first-order chi connectivity index (χ1) is 8.09. The van der Waals surface area contributed by atoms with E-state index in [2.05, 4.69) is 13.5 Å². The molecule has 0 radical (unpaired) electrons. The molecule has 1 saturated heterocycles. The number of unbranched alkanes of at least 4 members (excludes halogenated alkanes) is 1. The molecule has 0 amide bonds. The molecule has 4 heteroatoms. The van der Waals surface area contributed by atoms with Gasteiger partial charge in [0.2, 0.25) is 0 Å². The highest BCUT2D eigenvalue weighted by molar-refractivity contribution is 4.78. The van der Waals surface area contributed by atoms with Gasteiger partial charge >= 0.3 is 0 Å². The molecular weight excluding hydrogens is 220 g/mol. The molecule has 1 heterocycles. The van der Waals surface area contributed by atoms with Gasteiger partial charge in [-0.3, -0.25) is 0 Å². The Morgan fingerprint density at radius 2 is 2.18 bits per heavy atom. The van der Waals surface area contributed by atoms with Gasteiger partial charge in [0.25, 0.3) is 0 Å². The van der Waals surface area contributed by atoms with Gasteiger partial charge in [-0.25, -0.2) is 0 Å². The SMILES string of the molecule is C=CC(O)OCC1(C)COC(CCCC)OC1. The molecule has 0 aromatic carbocycles. The molecule has 1 N–H and O–H groups in total. The maximum atomic E-state index is 9.25. The van der Waals surface area contributed by atoms with Crippen molar-refractivity contribution in [2.75, 3.05) is 19.8 Å². The third kappa shape index (κ3) is 5.17. The van der Waals surface area contributed by atoms with E-state index in [1.165, 1.54) is 6.08 Å². The predicted molar refractivity (Wildman–Crippen MR) is 65.5 cm³/mol. The number of ether oxygens (including phenoxy) is 3. The van der Waals surface area contributed by atoms with E-state index in [1.54, 1.807) is 0 Å². The Morgan fingerprint density at radius 1 is 1.53 bits per heavy atom. The second-order valence-electron chi connectivity index (χ2n) is 4.94. The van der Waals surface area contributed by atoms with E-state index in [0.717, 1.165) is 19.3 Å². The van der Waals surface area contributed by atoms with Crippen LogP contribution in [0, 0.1) is 5.41 Å². The maximum absolute atomic E-state index is 9.25. The first kappa shape index (κ1) is 14.6. The molecule has 4 nitrogen and oxygen atoms in total. The van der Waals surface area contributed by atoms with Crippen LogP contribution >= 0.6 is 0 Å². The molecule has 100 valence electrons. The highest BCUT2D eigenvalue weighted by atomic mass is 16.7. The minimum absolute atomic E-state index is 0.0765. The summed E-state index contributed by atoms with van der Waals surface area (Å²) in [6.45, 7) is 9.24. The lowest BCUT2D eigenvalue weighted by Crippen LogP contribution is -2.43. The Hall–Kier alpha value is -0.420. The van der Waals surface area contributed by atoms with Gasteiger partial charge in [-0.05, 0) is 18.9 Å². The minimum Gasteiger partial charge on any atom is -0.365 e. The lowest BCUT2D eigenvalue weighted by atomic mass is 9.93. The Labute approximate surface area is 104 Å². The average Bonchev–Trinajstić information content (AvgIpc) is 2.35. The lowest BCUT2D eigenvalue weighted by Gasteiger charge is -2.37. The van der Waals surface area contributed by atoms with E-state index < -0.39 is 6.29 Å². The normalized spacial score (nSPS) is 31.1. The van der Waals surface area contributed by atoms with Crippen LogP contribution in [0.2, 0.25) is 0 Å². The van der Waals surface area contributed by atoms with Crippen LogP contribution in [0.15, 0.2) is 12.7 Å². The monoisotopic (exact) mass is 244 g/mol. The summed E-state index contributed by atoms with van der Waals surface area (Å²) in [5.74, 6) is 0. The summed E-state index contributed by atoms with van der Waals surface area (Å²) in [6, 6.07) is 0. The van der Waals surface area contributed by atoms with Gasteiger partial charge in [0.1, 0.15) is 0 Å². The fourth-order valence-electron chi connectivity index (χ4n) is 1.65. The standard InChI is InChI=1S/C13H24O4/c1-4-6-7-12-16-9-13(3,10-17-12)8-15-11(14)5-2/h5,11-12,14H,2,4,6-10H2,1,3H3. The van der Waals surface area contributed by atoms with Crippen molar-refractivity contribution >= 4 is 0 Å². The van der Waals surface area contributed by atoms with Crippen molar-refractivity contribution in [3.8, 4) is 0 Å². The van der Waals surface area contributed by atoms with Crippen LogP contribution in [0.3, 0.4) is 0 Å². The summed E-state index contributed by atoms with van der Waals surface area (Å²) in [6.07, 6.45) is 3.58. The van der Waals surface area contributed by atoms with Crippen LogP contribution in [0.1, 0.15) is 33.1 Å². The molecule has 1 rings (SSSR count). The number of aliphatic hydroxyl groups is 1. The quantitative estimate of drug-likeness (QED) is 0.550. The summed E-state index contributed by atoms with van der Waals surface area (Å²) in [4.78, 5) is 0. The Kier molecular flexibility index (Phi) is 6.12. The molecule has 0 spiro atoms. The zero-order chi connectivity index (χ0) is 12.7. The van der Waals surface area contributed by atoms with Gasteiger partial charge in [-0.1, -0.05) is 26.8 Å². The molecule has 17 heavy (non-hydrogen) atoms. The van der Waals surface area contributed by atoms with E-state index in [1.807, 2.05) is 6.92 Å². The summed E-state index contributed by atoms with van der Waals surface area (Å²) < 4.78 is 16.5. The Morgan fingerprint density at radius 3 is 2.71 bits per heavy atom. The second kappa shape index (κ2) is 7.11. The molecule has 1 fully saturated rings. The average molecular weight is 244 g/mol. The van der Waals surface area contributed by atoms with Crippen molar-refractivity contribution in [2.45, 2.75) is 45.7 Å². The summed E-state index contributed by atoms with van der Waals surface area (Å²) in [7, 11) is 0. The molecule has 0 aromatic rings. The van der Waals surface area contributed by atoms with Gasteiger partial charge in [0.15, 0.2) is 12.6 Å². The largest absolute Gasteiger partial charge is 0.365 e. The van der Waals surface area contributed by atoms with E-state index >= 15 is 0 Å².